The van der Waals surface area contributed by atoms with Crippen LogP contribution in [0, 0.1) is 3.57 Å². The molecular weight excluding hydrogens is 731 g/mol. The van der Waals surface area contributed by atoms with Gasteiger partial charge in [-0.05, 0) is 78.4 Å². The van der Waals surface area contributed by atoms with Crippen LogP contribution < -0.4 is 33.8 Å². The van der Waals surface area contributed by atoms with Crippen LogP contribution in [0.15, 0.2) is 76.2 Å². The van der Waals surface area contributed by atoms with Crippen LogP contribution in [0.5, 0.6) is 23.0 Å². The molecule has 2 heterocycles. The van der Waals surface area contributed by atoms with Crippen molar-refractivity contribution in [1.29, 1.82) is 0 Å². The van der Waals surface area contributed by atoms with Gasteiger partial charge in [0.15, 0.2) is 27.8 Å². The SMILES string of the molecule is CCOc1ccc([C@H]2C(C(=O)OC)=CN=c3s/c(=C/c4cc(I)cc(OC)c4OCc4ccccc4Cl)c(=O)n32)cc1OCC. The number of carbonyl (C=O) groups is 1. The first-order valence-corrected chi connectivity index (χ1v) is 16.3. The van der Waals surface area contributed by atoms with Crippen molar-refractivity contribution in [2.24, 2.45) is 4.99 Å². The maximum absolute atomic E-state index is 14.2. The molecule has 0 bridgehead atoms. The summed E-state index contributed by atoms with van der Waals surface area (Å²) in [4.78, 5) is 32.0. The van der Waals surface area contributed by atoms with Crippen molar-refractivity contribution in [2.75, 3.05) is 27.4 Å². The monoisotopic (exact) mass is 760 g/mol. The van der Waals surface area contributed by atoms with Gasteiger partial charge in [-0.25, -0.2) is 9.79 Å². The van der Waals surface area contributed by atoms with Gasteiger partial charge in [0.1, 0.15) is 6.61 Å². The van der Waals surface area contributed by atoms with Crippen LogP contribution >= 0.6 is 45.5 Å². The molecular formula is C33H30ClIN2O7S. The van der Waals surface area contributed by atoms with Crippen molar-refractivity contribution in [3.05, 3.63) is 111 Å². The third kappa shape index (κ3) is 6.90. The van der Waals surface area contributed by atoms with Gasteiger partial charge in [-0.1, -0.05) is 47.2 Å². The lowest BCUT2D eigenvalue weighted by Gasteiger charge is -2.23. The fraction of sp³-hybridized carbons (Fsp3) is 0.242. The highest BCUT2D eigenvalue weighted by Gasteiger charge is 2.31. The first-order valence-electron chi connectivity index (χ1n) is 14.0. The molecule has 45 heavy (non-hydrogen) atoms. The predicted octanol–water partition coefficient (Wildman–Crippen LogP) is 5.66. The Bertz CT molecular complexity index is 1950. The zero-order chi connectivity index (χ0) is 32.1. The highest BCUT2D eigenvalue weighted by molar-refractivity contribution is 14.1. The Morgan fingerprint density at radius 1 is 1.02 bits per heavy atom. The van der Waals surface area contributed by atoms with E-state index < -0.39 is 12.0 Å². The molecule has 234 valence electrons. The zero-order valence-electron chi connectivity index (χ0n) is 25.0. The van der Waals surface area contributed by atoms with E-state index in [9.17, 15) is 9.59 Å². The molecule has 0 saturated carbocycles. The summed E-state index contributed by atoms with van der Waals surface area (Å²) in [7, 11) is 2.86. The van der Waals surface area contributed by atoms with E-state index >= 15 is 0 Å². The third-order valence-electron chi connectivity index (χ3n) is 6.89. The lowest BCUT2D eigenvalue weighted by Crippen LogP contribution is -2.39. The summed E-state index contributed by atoms with van der Waals surface area (Å²) in [6, 6.07) is 15.7. The second-order valence-electron chi connectivity index (χ2n) is 9.65. The molecule has 1 atom stereocenters. The van der Waals surface area contributed by atoms with Crippen molar-refractivity contribution in [3.63, 3.8) is 0 Å². The van der Waals surface area contributed by atoms with Crippen LogP contribution in [0.4, 0.5) is 0 Å². The molecule has 5 rings (SSSR count). The highest BCUT2D eigenvalue weighted by atomic mass is 127. The number of esters is 1. The minimum absolute atomic E-state index is 0.196. The van der Waals surface area contributed by atoms with E-state index in [0.29, 0.717) is 61.7 Å². The van der Waals surface area contributed by atoms with Crippen LogP contribution in [0.1, 0.15) is 36.6 Å². The van der Waals surface area contributed by atoms with E-state index in [2.05, 4.69) is 27.6 Å². The molecule has 3 aromatic carbocycles. The molecule has 0 fully saturated rings. The molecule has 0 spiro atoms. The van der Waals surface area contributed by atoms with Crippen LogP contribution in [-0.2, 0) is 16.1 Å². The van der Waals surface area contributed by atoms with Gasteiger partial charge in [0.25, 0.3) is 5.56 Å². The van der Waals surface area contributed by atoms with E-state index in [0.717, 1.165) is 9.13 Å². The minimum atomic E-state index is -0.813. The van der Waals surface area contributed by atoms with E-state index in [1.165, 1.54) is 29.2 Å². The second kappa shape index (κ2) is 14.5. The topological polar surface area (TPSA) is 97.6 Å². The number of hydrogen-bond acceptors (Lipinski definition) is 9. The Morgan fingerprint density at radius 2 is 1.78 bits per heavy atom. The summed E-state index contributed by atoms with van der Waals surface area (Å²) in [6.07, 6.45) is 3.20. The van der Waals surface area contributed by atoms with Crippen LogP contribution in [0.25, 0.3) is 6.08 Å². The van der Waals surface area contributed by atoms with Gasteiger partial charge in [-0.2, -0.15) is 0 Å². The molecule has 1 aliphatic heterocycles. The van der Waals surface area contributed by atoms with E-state index in [4.69, 9.17) is 35.3 Å². The number of thiazole rings is 1. The number of benzene rings is 3. The number of methoxy groups -OCH3 is 2. The largest absolute Gasteiger partial charge is 0.493 e. The summed E-state index contributed by atoms with van der Waals surface area (Å²) in [5.41, 5.74) is 1.96. The Hall–Kier alpha value is -3.81. The molecule has 1 aromatic heterocycles. The second-order valence-corrected chi connectivity index (χ2v) is 12.3. The normalized spacial score (nSPS) is 14.2. The summed E-state index contributed by atoms with van der Waals surface area (Å²) >= 11 is 9.77. The quantitative estimate of drug-likeness (QED) is 0.144. The number of carbonyl (C=O) groups excluding carboxylic acids is 1. The first-order chi connectivity index (χ1) is 21.8. The van der Waals surface area contributed by atoms with Gasteiger partial charge in [-0.3, -0.25) is 9.36 Å². The van der Waals surface area contributed by atoms with Crippen molar-refractivity contribution >= 4 is 57.6 Å². The lowest BCUT2D eigenvalue weighted by atomic mass is 9.97. The zero-order valence-corrected chi connectivity index (χ0v) is 28.7. The highest BCUT2D eigenvalue weighted by Crippen LogP contribution is 2.36. The van der Waals surface area contributed by atoms with Crippen LogP contribution in [-0.4, -0.2) is 38.0 Å². The van der Waals surface area contributed by atoms with Crippen molar-refractivity contribution < 1.29 is 28.5 Å². The smallest absolute Gasteiger partial charge is 0.337 e. The number of ether oxygens (including phenoxy) is 5. The van der Waals surface area contributed by atoms with Gasteiger partial charge in [0.05, 0.1) is 43.6 Å². The average molecular weight is 761 g/mol. The molecule has 0 saturated heterocycles. The first kappa shape index (κ1) is 32.6. The molecule has 9 nitrogen and oxygen atoms in total. The van der Waals surface area contributed by atoms with Gasteiger partial charge in [0.2, 0.25) is 0 Å². The summed E-state index contributed by atoms with van der Waals surface area (Å²) in [5.74, 6) is 1.45. The number of aromatic nitrogens is 1. The summed E-state index contributed by atoms with van der Waals surface area (Å²) < 4.78 is 31.3. The summed E-state index contributed by atoms with van der Waals surface area (Å²) in [6.45, 7) is 4.82. The molecule has 0 N–H and O–H groups in total. The number of halogens is 2. The molecule has 4 aromatic rings. The predicted molar refractivity (Wildman–Crippen MR) is 181 cm³/mol. The van der Waals surface area contributed by atoms with Crippen molar-refractivity contribution in [2.45, 2.75) is 26.5 Å². The maximum atomic E-state index is 14.2. The molecule has 0 amide bonds. The molecule has 1 aliphatic rings. The fourth-order valence-electron chi connectivity index (χ4n) is 4.90. The number of hydrogen-bond donors (Lipinski definition) is 0. The van der Waals surface area contributed by atoms with Crippen molar-refractivity contribution in [3.8, 4) is 23.0 Å². The standard InChI is InChI=1S/C33H30ClIN2O7S/c1-5-42-25-12-11-19(14-26(25)43-6-2)29-23(32(39)41-4)17-36-33-37(29)31(38)28(45-33)15-21-13-22(35)16-27(40-3)30(21)44-18-20-9-7-8-10-24(20)34/h7-17,29H,5-6,18H2,1-4H3/b28-15+/t29-/m0/s1. The van der Waals surface area contributed by atoms with Crippen LogP contribution in [0.2, 0.25) is 5.02 Å². The Morgan fingerprint density at radius 3 is 2.49 bits per heavy atom. The molecule has 0 unspecified atom stereocenters. The van der Waals surface area contributed by atoms with Gasteiger partial charge < -0.3 is 23.7 Å². The van der Waals surface area contributed by atoms with Gasteiger partial charge >= 0.3 is 5.97 Å². The maximum Gasteiger partial charge on any atom is 0.337 e. The lowest BCUT2D eigenvalue weighted by molar-refractivity contribution is -0.136. The van der Waals surface area contributed by atoms with Crippen LogP contribution in [0.3, 0.4) is 0 Å². The van der Waals surface area contributed by atoms with Gasteiger partial charge in [-0.15, -0.1) is 0 Å². The Labute approximate surface area is 282 Å². The fourth-order valence-corrected chi connectivity index (χ4v) is 6.66. The molecule has 0 radical (unpaired) electrons. The van der Waals surface area contributed by atoms with Crippen molar-refractivity contribution in [1.82, 2.24) is 4.57 Å². The van der Waals surface area contributed by atoms with E-state index in [1.807, 2.05) is 50.2 Å². The molecule has 12 heteroatoms. The van der Waals surface area contributed by atoms with E-state index in [1.54, 1.807) is 31.4 Å². The number of rotatable bonds is 11. The van der Waals surface area contributed by atoms with Gasteiger partial charge in [0, 0.05) is 25.9 Å². The molecule has 0 aliphatic carbocycles. The Kier molecular flexibility index (Phi) is 10.5. The number of fused-ring (bicyclic) bond motifs is 1. The Balaban J connectivity index is 1.65. The minimum Gasteiger partial charge on any atom is -0.493 e. The average Bonchev–Trinajstić information content (AvgIpc) is 3.35. The van der Waals surface area contributed by atoms with E-state index in [-0.39, 0.29) is 17.7 Å². The third-order valence-corrected chi connectivity index (χ3v) is 8.88. The summed E-state index contributed by atoms with van der Waals surface area (Å²) in [5, 5.41) is 0.583. The number of nitrogens with zero attached hydrogens (tertiary/aromatic N) is 2.